The largest absolute Gasteiger partial charge is 0.330 e. The van der Waals surface area contributed by atoms with E-state index in [0.717, 1.165) is 0 Å². The second kappa shape index (κ2) is 3.53. The molecule has 0 bridgehead atoms. The predicted octanol–water partition coefficient (Wildman–Crippen LogP) is 1.26. The van der Waals surface area contributed by atoms with Crippen molar-refractivity contribution >= 4 is 22.5 Å². The second-order valence-corrected chi connectivity index (χ2v) is 3.42. The maximum Gasteiger partial charge on any atom is 0.325 e. The average molecular weight is 185 g/mol. The maximum absolute atomic E-state index is 11.4. The summed E-state index contributed by atoms with van der Waals surface area (Å²) in [5, 5.41) is 2.56. The Kier molecular flexibility index (Phi) is 2.65. The predicted molar refractivity (Wildman–Crippen MR) is 49.6 cm³/mol. The smallest absolute Gasteiger partial charge is 0.325 e. The minimum Gasteiger partial charge on any atom is -0.330 e. The van der Waals surface area contributed by atoms with E-state index in [1.165, 1.54) is 21.1 Å². The molecule has 0 spiro atoms. The van der Waals surface area contributed by atoms with Gasteiger partial charge in [-0.15, -0.1) is 11.3 Å². The summed E-state index contributed by atoms with van der Waals surface area (Å²) in [5.74, 6) is 0. The van der Waals surface area contributed by atoms with Crippen molar-refractivity contribution in [2.24, 2.45) is 0 Å². The first-order chi connectivity index (χ1) is 5.63. The van der Waals surface area contributed by atoms with Crippen molar-refractivity contribution in [2.75, 3.05) is 26.0 Å². The molecule has 66 valence electrons. The van der Waals surface area contributed by atoms with E-state index in [2.05, 4.69) is 4.98 Å². The van der Waals surface area contributed by atoms with Gasteiger partial charge in [-0.2, -0.15) is 0 Å². The number of urea groups is 1. The first kappa shape index (κ1) is 8.99. The van der Waals surface area contributed by atoms with Crippen molar-refractivity contribution in [3.05, 3.63) is 11.6 Å². The number of hydrogen-bond acceptors (Lipinski definition) is 3. The summed E-state index contributed by atoms with van der Waals surface area (Å²) < 4.78 is 0. The molecular weight excluding hydrogens is 174 g/mol. The van der Waals surface area contributed by atoms with Crippen molar-refractivity contribution in [3.63, 3.8) is 0 Å². The lowest BCUT2D eigenvalue weighted by Crippen LogP contribution is -2.36. The minimum absolute atomic E-state index is 0.0649. The first-order valence-corrected chi connectivity index (χ1v) is 4.35. The summed E-state index contributed by atoms with van der Waals surface area (Å²) in [4.78, 5) is 18.4. The number of carbonyl (C=O) groups is 1. The highest BCUT2D eigenvalue weighted by Gasteiger charge is 2.13. The van der Waals surface area contributed by atoms with Crippen molar-refractivity contribution in [1.82, 2.24) is 9.88 Å². The number of hydrogen-bond donors (Lipinski definition) is 0. The van der Waals surface area contributed by atoms with Crippen LogP contribution in [0.3, 0.4) is 0 Å². The van der Waals surface area contributed by atoms with Gasteiger partial charge in [-0.1, -0.05) is 0 Å². The number of rotatable bonds is 1. The normalized spacial score (nSPS) is 9.58. The van der Waals surface area contributed by atoms with E-state index in [-0.39, 0.29) is 6.03 Å². The van der Waals surface area contributed by atoms with E-state index in [9.17, 15) is 4.79 Å². The quantitative estimate of drug-likeness (QED) is 0.660. The molecule has 0 saturated carbocycles. The molecule has 0 N–H and O–H groups in total. The van der Waals surface area contributed by atoms with Gasteiger partial charge in [0.05, 0.1) is 0 Å². The SMILES string of the molecule is CN(C)C(=O)N(C)c1nccs1. The van der Waals surface area contributed by atoms with Crippen molar-refractivity contribution in [3.8, 4) is 0 Å². The Morgan fingerprint density at radius 3 is 2.58 bits per heavy atom. The van der Waals surface area contributed by atoms with Crippen LogP contribution in [0.4, 0.5) is 9.93 Å². The van der Waals surface area contributed by atoms with Gasteiger partial charge >= 0.3 is 6.03 Å². The van der Waals surface area contributed by atoms with Crippen LogP contribution in [0.5, 0.6) is 0 Å². The lowest BCUT2D eigenvalue weighted by atomic mass is 10.7. The second-order valence-electron chi connectivity index (χ2n) is 2.55. The third-order valence-corrected chi connectivity index (χ3v) is 2.22. The van der Waals surface area contributed by atoms with E-state index >= 15 is 0 Å². The molecular formula is C7H11N3OS. The van der Waals surface area contributed by atoms with E-state index in [0.29, 0.717) is 5.13 Å². The molecule has 0 aliphatic rings. The lowest BCUT2D eigenvalue weighted by molar-refractivity contribution is 0.225. The molecule has 0 unspecified atom stereocenters. The number of nitrogens with zero attached hydrogens (tertiary/aromatic N) is 3. The summed E-state index contributed by atoms with van der Waals surface area (Å²) in [6.45, 7) is 0. The van der Waals surface area contributed by atoms with Crippen molar-refractivity contribution < 1.29 is 4.79 Å². The molecule has 0 radical (unpaired) electrons. The molecule has 5 heteroatoms. The van der Waals surface area contributed by atoms with Gasteiger partial charge < -0.3 is 4.90 Å². The summed E-state index contributed by atoms with van der Waals surface area (Å²) >= 11 is 1.44. The molecule has 1 aromatic heterocycles. The molecule has 4 nitrogen and oxygen atoms in total. The van der Waals surface area contributed by atoms with Gasteiger partial charge in [0.15, 0.2) is 5.13 Å². The molecule has 1 heterocycles. The Bertz CT molecular complexity index is 258. The standard InChI is InChI=1S/C7H11N3OS/c1-9(2)7(11)10(3)6-8-4-5-12-6/h4-5H,1-3H3. The van der Waals surface area contributed by atoms with E-state index in [1.54, 1.807) is 27.3 Å². The number of amides is 2. The Hall–Kier alpha value is -1.10. The molecule has 1 aromatic rings. The molecule has 0 fully saturated rings. The van der Waals surface area contributed by atoms with Crippen LogP contribution in [0.25, 0.3) is 0 Å². The fraction of sp³-hybridized carbons (Fsp3) is 0.429. The van der Waals surface area contributed by atoms with Crippen molar-refractivity contribution in [1.29, 1.82) is 0 Å². The number of thiazole rings is 1. The average Bonchev–Trinajstić information content (AvgIpc) is 2.53. The van der Waals surface area contributed by atoms with Gasteiger partial charge in [0, 0.05) is 32.7 Å². The molecule has 0 atom stereocenters. The Balaban J connectivity index is 2.72. The van der Waals surface area contributed by atoms with Crippen LogP contribution in [0, 0.1) is 0 Å². The Morgan fingerprint density at radius 1 is 1.50 bits per heavy atom. The van der Waals surface area contributed by atoms with E-state index in [4.69, 9.17) is 0 Å². The zero-order valence-electron chi connectivity index (χ0n) is 7.31. The highest BCUT2D eigenvalue weighted by Crippen LogP contribution is 2.15. The monoisotopic (exact) mass is 185 g/mol. The van der Waals surface area contributed by atoms with Crippen LogP contribution >= 0.6 is 11.3 Å². The third kappa shape index (κ3) is 1.73. The highest BCUT2D eigenvalue weighted by molar-refractivity contribution is 7.13. The number of aromatic nitrogens is 1. The van der Waals surface area contributed by atoms with E-state index in [1.807, 2.05) is 5.38 Å². The maximum atomic E-state index is 11.4. The Labute approximate surface area is 75.4 Å². The molecule has 0 aromatic carbocycles. The first-order valence-electron chi connectivity index (χ1n) is 3.47. The van der Waals surface area contributed by atoms with Crippen LogP contribution in [0.2, 0.25) is 0 Å². The summed E-state index contributed by atoms with van der Waals surface area (Å²) in [6, 6.07) is -0.0649. The molecule has 2 amide bonds. The molecule has 0 aliphatic carbocycles. The molecule has 0 aliphatic heterocycles. The Morgan fingerprint density at radius 2 is 2.17 bits per heavy atom. The van der Waals surface area contributed by atoms with Crippen LogP contribution in [0.15, 0.2) is 11.6 Å². The summed E-state index contributed by atoms with van der Waals surface area (Å²) in [6.07, 6.45) is 1.68. The lowest BCUT2D eigenvalue weighted by Gasteiger charge is -2.18. The topological polar surface area (TPSA) is 36.4 Å². The molecule has 1 rings (SSSR count). The van der Waals surface area contributed by atoms with E-state index < -0.39 is 0 Å². The van der Waals surface area contributed by atoms with Crippen molar-refractivity contribution in [2.45, 2.75) is 0 Å². The number of anilines is 1. The van der Waals surface area contributed by atoms with Gasteiger partial charge in [0.1, 0.15) is 0 Å². The zero-order valence-corrected chi connectivity index (χ0v) is 8.13. The molecule has 0 saturated heterocycles. The van der Waals surface area contributed by atoms with Gasteiger partial charge in [-0.25, -0.2) is 9.78 Å². The van der Waals surface area contributed by atoms with Gasteiger partial charge in [0.2, 0.25) is 0 Å². The summed E-state index contributed by atoms with van der Waals surface area (Å²) in [5.41, 5.74) is 0. The van der Waals surface area contributed by atoms with Crippen LogP contribution < -0.4 is 4.90 Å². The van der Waals surface area contributed by atoms with Gasteiger partial charge in [0.25, 0.3) is 0 Å². The minimum atomic E-state index is -0.0649. The van der Waals surface area contributed by atoms with Crippen LogP contribution in [-0.2, 0) is 0 Å². The highest BCUT2D eigenvalue weighted by atomic mass is 32.1. The van der Waals surface area contributed by atoms with Crippen LogP contribution in [-0.4, -0.2) is 37.1 Å². The zero-order chi connectivity index (χ0) is 9.14. The molecule has 12 heavy (non-hydrogen) atoms. The fourth-order valence-corrected chi connectivity index (χ4v) is 1.36. The van der Waals surface area contributed by atoms with Gasteiger partial charge in [-0.3, -0.25) is 4.90 Å². The fourth-order valence-electron chi connectivity index (χ4n) is 0.763. The van der Waals surface area contributed by atoms with Gasteiger partial charge in [-0.05, 0) is 0 Å². The van der Waals surface area contributed by atoms with Crippen LogP contribution in [0.1, 0.15) is 0 Å². The number of carbonyl (C=O) groups excluding carboxylic acids is 1. The third-order valence-electron chi connectivity index (χ3n) is 1.38. The summed E-state index contributed by atoms with van der Waals surface area (Å²) in [7, 11) is 5.14.